The first-order chi connectivity index (χ1) is 29.4. The Balaban J connectivity index is 0.000000246. The molecule has 4 aromatic rings. The molecule has 2 aromatic heterocycles. The molecule has 2 aromatic carbocycles. The average Bonchev–Trinajstić information content (AvgIpc) is 3.78. The van der Waals surface area contributed by atoms with Gasteiger partial charge in [-0.05, 0) is 87.5 Å². The zero-order valence-corrected chi connectivity index (χ0v) is 34.8. The molecule has 1 saturated heterocycles. The number of aromatic amines is 2. The van der Waals surface area contributed by atoms with Gasteiger partial charge in [0.25, 0.3) is 11.1 Å². The minimum absolute atomic E-state index is 0. The molecule has 22 heteroatoms. The Labute approximate surface area is 375 Å². The van der Waals surface area contributed by atoms with E-state index in [0.717, 1.165) is 37.5 Å². The van der Waals surface area contributed by atoms with Crippen LogP contribution in [0.2, 0.25) is 0 Å². The summed E-state index contributed by atoms with van der Waals surface area (Å²) in [5.74, 6) is -9.65. The first kappa shape index (κ1) is 50.1. The van der Waals surface area contributed by atoms with Crippen molar-refractivity contribution in [3.05, 3.63) is 112 Å². The predicted molar refractivity (Wildman–Crippen MR) is 218 cm³/mol. The fourth-order valence-electron chi connectivity index (χ4n) is 8.81. The molecule has 4 N–H and O–H groups in total. The van der Waals surface area contributed by atoms with Crippen molar-refractivity contribution < 1.29 is 64.9 Å². The van der Waals surface area contributed by atoms with E-state index in [-0.39, 0.29) is 120 Å². The number of Topliss-reactive ketones (excluding diaryl/α,β-unsaturated/α-hetero) is 1. The summed E-state index contributed by atoms with van der Waals surface area (Å²) < 4.78 is 114. The number of carbonyl (C=O) groups excluding carboxylic acids is 1. The first-order valence-corrected chi connectivity index (χ1v) is 20.5. The van der Waals surface area contributed by atoms with Crippen LogP contribution in [0, 0.1) is 35.1 Å². The summed E-state index contributed by atoms with van der Waals surface area (Å²) in [6, 6.07) is 4.08. The Morgan fingerprint density at radius 1 is 0.594 bits per heavy atom. The number of alkyl halides is 4. The third kappa shape index (κ3) is 11.5. The fraction of sp³-hybridized carbons (Fsp3) is 0.500. The van der Waals surface area contributed by atoms with Gasteiger partial charge in [-0.15, -0.1) is 0 Å². The van der Waals surface area contributed by atoms with Gasteiger partial charge in [0.2, 0.25) is 11.8 Å². The van der Waals surface area contributed by atoms with Crippen molar-refractivity contribution in [3.63, 3.8) is 0 Å². The van der Waals surface area contributed by atoms with E-state index >= 15 is 0 Å². The van der Waals surface area contributed by atoms with Gasteiger partial charge in [-0.25, -0.2) is 53.8 Å². The normalized spacial score (nSPS) is 21.2. The van der Waals surface area contributed by atoms with Crippen LogP contribution in [-0.2, 0) is 11.2 Å². The Bertz CT molecular complexity index is 2520. The van der Waals surface area contributed by atoms with Crippen LogP contribution < -0.4 is 52.0 Å². The van der Waals surface area contributed by atoms with Crippen molar-refractivity contribution in [3.8, 4) is 11.4 Å². The zero-order valence-electron chi connectivity index (χ0n) is 35.8. The van der Waals surface area contributed by atoms with Crippen molar-refractivity contribution in [2.75, 3.05) is 23.8 Å². The SMILES string of the molecule is C1CCOC1.O=C1C[C@H](C2CCC(F)(F)CC2)Nc2[nH]c(=O)n(-c3cc(F)cc(F)c3)c(=O)c21.O=c1[nH]c2c(c(=O)n1-c1cc(F)cc(F)c1)CC[C@H](C1CCC(F)(F)CC1)N2.[B].[H-].[Li+]. The van der Waals surface area contributed by atoms with Crippen LogP contribution in [0.5, 0.6) is 0 Å². The first-order valence-electron chi connectivity index (χ1n) is 20.5. The summed E-state index contributed by atoms with van der Waals surface area (Å²) >= 11 is 0. The van der Waals surface area contributed by atoms with Gasteiger partial charge in [0.1, 0.15) is 40.5 Å². The molecule has 12 nitrogen and oxygen atoms in total. The van der Waals surface area contributed by atoms with E-state index in [1.165, 1.54) is 12.8 Å². The average molecular weight is 900 g/mol. The standard InChI is InChI=1S/C19H17F4N3O3.C19H19F4N3O2.C4H8O.B.Li.H/c20-10-5-11(21)7-12(6-10)26-17(28)15-14(27)8-13(24-16(15)25-18(26)29)9-1-3-19(22,23)4-2-9;20-11-7-12(21)9-13(8-11)26-17(27)14-1-2-15(24-16(14)25-18(26)28)10-3-5-19(22,23)6-4-10;1-2-4-5-3-1;;;/h5-7,9,13,24H,1-4,8H2,(H,25,29);7-10,15,24H,1-6H2,(H,25,28);1-4H2;;;/q;;;;+1;-1/t13-;15-;;;;/m11..../s1. The van der Waals surface area contributed by atoms with Crippen molar-refractivity contribution in [1.82, 2.24) is 19.1 Å². The van der Waals surface area contributed by atoms with Gasteiger partial charge in [0, 0.05) is 77.9 Å². The van der Waals surface area contributed by atoms with E-state index in [4.69, 9.17) is 4.74 Å². The van der Waals surface area contributed by atoms with Gasteiger partial charge >= 0.3 is 30.2 Å². The second-order valence-electron chi connectivity index (χ2n) is 16.4. The fourth-order valence-corrected chi connectivity index (χ4v) is 8.81. The van der Waals surface area contributed by atoms with Crippen LogP contribution in [0.1, 0.15) is 94.4 Å². The van der Waals surface area contributed by atoms with Gasteiger partial charge in [-0.3, -0.25) is 24.4 Å². The number of ether oxygens (including phenoxy) is 1. The largest absolute Gasteiger partial charge is 1.00 e. The van der Waals surface area contributed by atoms with E-state index in [1.807, 2.05) is 0 Å². The van der Waals surface area contributed by atoms with E-state index in [0.29, 0.717) is 52.5 Å². The predicted octanol–water partition coefficient (Wildman–Crippen LogP) is 3.89. The molecule has 0 bridgehead atoms. The molecule has 0 unspecified atom stereocenters. The Kier molecular flexibility index (Phi) is 16.1. The molecule has 339 valence electrons. The molecule has 3 fully saturated rings. The molecule has 9 rings (SSSR count). The van der Waals surface area contributed by atoms with Crippen molar-refractivity contribution >= 4 is 25.8 Å². The van der Waals surface area contributed by atoms with Crippen LogP contribution in [0.3, 0.4) is 0 Å². The van der Waals surface area contributed by atoms with Gasteiger partial charge in [0.05, 0.1) is 16.9 Å². The number of hydrogen-bond donors (Lipinski definition) is 4. The van der Waals surface area contributed by atoms with Crippen LogP contribution >= 0.6 is 0 Å². The number of benzene rings is 2. The van der Waals surface area contributed by atoms with Crippen LogP contribution in [-0.4, -0.2) is 70.4 Å². The van der Waals surface area contributed by atoms with E-state index in [2.05, 4.69) is 20.6 Å². The van der Waals surface area contributed by atoms with Crippen molar-refractivity contribution in [2.24, 2.45) is 11.8 Å². The number of halogens is 8. The van der Waals surface area contributed by atoms with Gasteiger partial charge in [-0.1, -0.05) is 0 Å². The minimum atomic E-state index is -2.71. The molecule has 2 aliphatic carbocycles. The van der Waals surface area contributed by atoms with Crippen molar-refractivity contribution in [2.45, 2.75) is 107 Å². The summed E-state index contributed by atoms with van der Waals surface area (Å²) in [6.45, 7) is 2.00. The molecule has 5 aliphatic rings. The Hall–Kier alpha value is -4.87. The zero-order chi connectivity index (χ0) is 44.5. The van der Waals surface area contributed by atoms with Gasteiger partial charge < -0.3 is 16.8 Å². The smallest absolute Gasteiger partial charge is 1.00 e. The second-order valence-corrected chi connectivity index (χ2v) is 16.4. The maximum atomic E-state index is 13.5. The number of hydrogen-bond acceptors (Lipinski definition) is 8. The molecule has 2 saturated carbocycles. The Morgan fingerprint density at radius 2 is 1.02 bits per heavy atom. The summed E-state index contributed by atoms with van der Waals surface area (Å²) in [5.41, 5.74) is -4.01. The second kappa shape index (κ2) is 20.5. The summed E-state index contributed by atoms with van der Waals surface area (Å²) in [6.07, 6.45) is 3.68. The molecular formula is C42H45BF8LiN6O6. The number of ketones is 1. The monoisotopic (exact) mass is 899 g/mol. The maximum Gasteiger partial charge on any atom is 1.00 e. The number of rotatable bonds is 4. The summed E-state index contributed by atoms with van der Waals surface area (Å²) in [7, 11) is 0. The molecule has 0 amide bonds. The molecule has 3 aliphatic heterocycles. The number of anilines is 2. The van der Waals surface area contributed by atoms with E-state index < -0.39 is 69.4 Å². The molecule has 0 spiro atoms. The van der Waals surface area contributed by atoms with Crippen LogP contribution in [0.15, 0.2) is 55.6 Å². The summed E-state index contributed by atoms with van der Waals surface area (Å²) in [5, 5.41) is 6.04. The number of aromatic nitrogens is 4. The third-order valence-electron chi connectivity index (χ3n) is 12.0. The van der Waals surface area contributed by atoms with Crippen molar-refractivity contribution in [1.29, 1.82) is 0 Å². The molecule has 64 heavy (non-hydrogen) atoms. The number of nitrogens with zero attached hydrogens (tertiary/aromatic N) is 2. The maximum absolute atomic E-state index is 13.5. The summed E-state index contributed by atoms with van der Waals surface area (Å²) in [4.78, 5) is 68.0. The van der Waals surface area contributed by atoms with Crippen LogP contribution in [0.25, 0.3) is 11.4 Å². The topological polar surface area (TPSA) is 160 Å². The molecule has 2 atom stereocenters. The molecular weight excluding hydrogens is 854 g/mol. The molecule has 3 radical (unpaired) electrons. The Morgan fingerprint density at radius 3 is 1.47 bits per heavy atom. The number of fused-ring (bicyclic) bond motifs is 2. The van der Waals surface area contributed by atoms with Gasteiger partial charge in [0.15, 0.2) is 5.78 Å². The quantitative estimate of drug-likeness (QED) is 0.178. The number of carbonyl (C=O) groups is 1. The number of nitrogens with one attached hydrogen (secondary N) is 4. The minimum Gasteiger partial charge on any atom is -1.00 e. The van der Waals surface area contributed by atoms with Gasteiger partial charge in [-0.2, -0.15) is 0 Å². The van der Waals surface area contributed by atoms with E-state index in [1.54, 1.807) is 0 Å². The number of H-pyrrole nitrogens is 2. The molecule has 5 heterocycles. The van der Waals surface area contributed by atoms with Crippen LogP contribution in [0.4, 0.5) is 46.8 Å². The third-order valence-corrected chi connectivity index (χ3v) is 12.0. The van der Waals surface area contributed by atoms with E-state index in [9.17, 15) is 59.1 Å².